The van der Waals surface area contributed by atoms with Gasteiger partial charge in [-0.25, -0.2) is 6.61 Å². The molecule has 0 aliphatic rings. The van der Waals surface area contributed by atoms with E-state index in [2.05, 4.69) is 14.9 Å². The van der Waals surface area contributed by atoms with E-state index in [0.717, 1.165) is 0 Å². The summed E-state index contributed by atoms with van der Waals surface area (Å²) in [6.45, 7) is 3.32. The summed E-state index contributed by atoms with van der Waals surface area (Å²) in [7, 11) is 2.73. The van der Waals surface area contributed by atoms with E-state index in [1.165, 1.54) is 6.61 Å². The Morgan fingerprint density at radius 2 is 2.00 bits per heavy atom. The third kappa shape index (κ3) is 11.7. The summed E-state index contributed by atoms with van der Waals surface area (Å²) >= 11 is 0. The monoisotopic (exact) mass is 79.0 g/mol. The van der Waals surface area contributed by atoms with Crippen molar-refractivity contribution in [2.24, 2.45) is 0 Å². The molecule has 3 heteroatoms. The van der Waals surface area contributed by atoms with Crippen LogP contribution in [0, 0.1) is 6.61 Å². The standard InChI is InChI=1S/C2H4OSi.Li/c1-2-3-4;/h2H,1H3;/q-1;+1. The Balaban J connectivity index is 0. The van der Waals surface area contributed by atoms with Crippen LogP contribution in [-0.4, -0.2) is 10.5 Å². The Morgan fingerprint density at radius 1 is 1.80 bits per heavy atom. The topological polar surface area (TPSA) is 9.23 Å². The summed E-state index contributed by atoms with van der Waals surface area (Å²) < 4.78 is 4.22. The van der Waals surface area contributed by atoms with Crippen molar-refractivity contribution in [3.8, 4) is 0 Å². The normalized spacial score (nSPS) is 6.00. The van der Waals surface area contributed by atoms with Gasteiger partial charge in [0, 0.05) is 0 Å². The maximum atomic E-state index is 4.22. The molecule has 1 nitrogen and oxygen atoms in total. The van der Waals surface area contributed by atoms with Gasteiger partial charge >= 0.3 is 18.9 Å². The van der Waals surface area contributed by atoms with Crippen molar-refractivity contribution in [1.82, 2.24) is 0 Å². The van der Waals surface area contributed by atoms with E-state index in [0.29, 0.717) is 0 Å². The van der Waals surface area contributed by atoms with E-state index >= 15 is 0 Å². The van der Waals surface area contributed by atoms with Gasteiger partial charge in [-0.2, -0.15) is 6.92 Å². The second-order valence-corrected chi connectivity index (χ2v) is 0.589. The third-order valence-corrected chi connectivity index (χ3v) is 0.354. The first-order valence-corrected chi connectivity index (χ1v) is 1.43. The molecule has 0 unspecified atom stereocenters. The van der Waals surface area contributed by atoms with Crippen molar-refractivity contribution in [2.75, 3.05) is 0 Å². The fourth-order valence-corrected chi connectivity index (χ4v) is 0. The molecule has 5 heavy (non-hydrogen) atoms. The minimum Gasteiger partial charge on any atom is -0.594 e. The Bertz CT molecular complexity index is 11.6. The van der Waals surface area contributed by atoms with E-state index in [9.17, 15) is 0 Å². The Kier molecular flexibility index (Phi) is 16.3. The maximum Gasteiger partial charge on any atom is 1.00 e. The molecule has 0 rings (SSSR count). The van der Waals surface area contributed by atoms with Crippen LogP contribution in [0.5, 0.6) is 0 Å². The zero-order valence-electron chi connectivity index (χ0n) is 3.49. The molecule has 0 aromatic carbocycles. The predicted molar refractivity (Wildman–Crippen MR) is 16.8 cm³/mol. The van der Waals surface area contributed by atoms with E-state index in [1.807, 2.05) is 0 Å². The molecule has 0 saturated heterocycles. The van der Waals surface area contributed by atoms with Crippen LogP contribution < -0.4 is 18.9 Å². The van der Waals surface area contributed by atoms with Crippen molar-refractivity contribution in [3.05, 3.63) is 6.61 Å². The van der Waals surface area contributed by atoms with Crippen molar-refractivity contribution in [3.63, 3.8) is 0 Å². The number of hydrogen-bond donors (Lipinski definition) is 0. The van der Waals surface area contributed by atoms with Gasteiger partial charge in [0.15, 0.2) is 0 Å². The van der Waals surface area contributed by atoms with Crippen molar-refractivity contribution in [1.29, 1.82) is 0 Å². The molecule has 0 aliphatic heterocycles. The van der Waals surface area contributed by atoms with Gasteiger partial charge in [0.2, 0.25) is 10.5 Å². The van der Waals surface area contributed by atoms with Crippen LogP contribution in [0.25, 0.3) is 0 Å². The van der Waals surface area contributed by atoms with Crippen molar-refractivity contribution in [2.45, 2.75) is 6.92 Å². The van der Waals surface area contributed by atoms with Gasteiger partial charge in [-0.1, -0.05) is 0 Å². The quantitative estimate of drug-likeness (QED) is 0.245. The molecule has 0 saturated carbocycles. The molecule has 0 atom stereocenters. The van der Waals surface area contributed by atoms with Gasteiger partial charge in [-0.3, -0.25) is 0 Å². The van der Waals surface area contributed by atoms with Gasteiger partial charge in [-0.15, -0.1) is 0 Å². The molecule has 0 aliphatic carbocycles. The zero-order chi connectivity index (χ0) is 3.41. The van der Waals surface area contributed by atoms with Crippen molar-refractivity contribution < 1.29 is 23.3 Å². The smallest absolute Gasteiger partial charge is 0.594 e. The van der Waals surface area contributed by atoms with Crippen LogP contribution in [0.3, 0.4) is 0 Å². The Hall–Kier alpha value is 0.774. The molecule has 23 valence electrons. The molecular formula is C2H4LiOSi. The van der Waals surface area contributed by atoms with Crippen LogP contribution in [0.1, 0.15) is 6.92 Å². The van der Waals surface area contributed by atoms with Gasteiger partial charge < -0.3 is 4.43 Å². The average molecular weight is 79.1 g/mol. The summed E-state index contributed by atoms with van der Waals surface area (Å²) in [5, 5.41) is 0. The molecule has 0 aromatic heterocycles. The fourth-order valence-electron chi connectivity index (χ4n) is 0. The molecule has 3 radical (unpaired) electrons. The SMILES string of the molecule is C[CH-]O[Si].[Li+]. The molecular weight excluding hydrogens is 75.0 g/mol. The van der Waals surface area contributed by atoms with Gasteiger partial charge in [-0.05, 0) is 0 Å². The predicted octanol–water partition coefficient (Wildman–Crippen LogP) is -2.73. The second kappa shape index (κ2) is 8.84. The van der Waals surface area contributed by atoms with E-state index in [1.54, 1.807) is 6.92 Å². The van der Waals surface area contributed by atoms with Gasteiger partial charge in [0.1, 0.15) is 0 Å². The van der Waals surface area contributed by atoms with Gasteiger partial charge in [0.25, 0.3) is 0 Å². The fraction of sp³-hybridized carbons (Fsp3) is 0.500. The van der Waals surface area contributed by atoms with Crippen LogP contribution in [-0.2, 0) is 4.43 Å². The van der Waals surface area contributed by atoms with E-state index in [-0.39, 0.29) is 18.9 Å². The first-order chi connectivity index (χ1) is 1.91. The Morgan fingerprint density at radius 3 is 2.00 bits per heavy atom. The summed E-state index contributed by atoms with van der Waals surface area (Å²) in [6.07, 6.45) is 0. The minimum atomic E-state index is 0. The maximum absolute atomic E-state index is 4.22. The minimum absolute atomic E-state index is 0. The average Bonchev–Trinajstić information content (AvgIpc) is 1.37. The van der Waals surface area contributed by atoms with Crippen LogP contribution in [0.2, 0.25) is 0 Å². The van der Waals surface area contributed by atoms with E-state index in [4.69, 9.17) is 0 Å². The summed E-state index contributed by atoms with van der Waals surface area (Å²) in [5.41, 5.74) is 0. The van der Waals surface area contributed by atoms with Crippen LogP contribution in [0.4, 0.5) is 0 Å². The summed E-state index contributed by atoms with van der Waals surface area (Å²) in [4.78, 5) is 0. The number of hydrogen-bond acceptors (Lipinski definition) is 1. The van der Waals surface area contributed by atoms with Gasteiger partial charge in [0.05, 0.1) is 0 Å². The van der Waals surface area contributed by atoms with Crippen LogP contribution >= 0.6 is 0 Å². The second-order valence-electron chi connectivity index (χ2n) is 0.354. The summed E-state index contributed by atoms with van der Waals surface area (Å²) in [5.74, 6) is 0. The van der Waals surface area contributed by atoms with Crippen LogP contribution in [0.15, 0.2) is 0 Å². The number of rotatable bonds is 1. The van der Waals surface area contributed by atoms with Crippen molar-refractivity contribution >= 4 is 10.5 Å². The first kappa shape index (κ1) is 9.24. The Labute approximate surface area is 47.8 Å². The molecule has 0 spiro atoms. The largest absolute Gasteiger partial charge is 1.00 e. The summed E-state index contributed by atoms with van der Waals surface area (Å²) in [6, 6.07) is 0. The van der Waals surface area contributed by atoms with E-state index < -0.39 is 0 Å². The molecule has 0 bridgehead atoms. The third-order valence-electron chi connectivity index (χ3n) is 0.118. The molecule has 0 N–H and O–H groups in total. The first-order valence-electron chi connectivity index (χ1n) is 1.02. The molecule has 0 aromatic rings. The zero-order valence-corrected chi connectivity index (χ0v) is 4.49. The molecule has 0 amide bonds. The molecule has 0 heterocycles. The molecule has 0 fully saturated rings.